The first-order chi connectivity index (χ1) is 7.30. The van der Waals surface area contributed by atoms with E-state index in [-0.39, 0.29) is 0 Å². The fourth-order valence-electron chi connectivity index (χ4n) is 1.43. The van der Waals surface area contributed by atoms with Crippen LogP contribution in [0.4, 0.5) is 4.79 Å². The van der Waals surface area contributed by atoms with Crippen molar-refractivity contribution >= 4 is 6.03 Å². The minimum atomic E-state index is -0.407. The summed E-state index contributed by atoms with van der Waals surface area (Å²) in [5.41, 5.74) is 4.97. The van der Waals surface area contributed by atoms with Crippen molar-refractivity contribution in [3.63, 3.8) is 0 Å². The van der Waals surface area contributed by atoms with Crippen LogP contribution in [0.1, 0.15) is 19.3 Å². The minimum Gasteiger partial charge on any atom is -0.351 e. The fourth-order valence-corrected chi connectivity index (χ4v) is 1.43. The Morgan fingerprint density at radius 3 is 2.20 bits per heavy atom. The summed E-state index contributed by atoms with van der Waals surface area (Å²) < 4.78 is 0. The second-order valence-electron chi connectivity index (χ2n) is 3.57. The number of carbonyl (C=O) groups excluding carboxylic acids is 1. The SMILES string of the molecule is C1CCNCC1.NC(=O)N1C=CC=CC1. The first-order valence-corrected chi connectivity index (χ1v) is 5.41. The molecule has 0 radical (unpaired) electrons. The number of hydrogen-bond acceptors (Lipinski definition) is 2. The molecule has 0 bridgehead atoms. The summed E-state index contributed by atoms with van der Waals surface area (Å²) in [6, 6.07) is -0.407. The summed E-state index contributed by atoms with van der Waals surface area (Å²) in [6.45, 7) is 3.09. The normalized spacial score (nSPS) is 19.3. The van der Waals surface area contributed by atoms with Gasteiger partial charge < -0.3 is 11.1 Å². The molecule has 4 heteroatoms. The van der Waals surface area contributed by atoms with Crippen LogP contribution < -0.4 is 11.1 Å². The van der Waals surface area contributed by atoms with Gasteiger partial charge in [-0.25, -0.2) is 4.79 Å². The van der Waals surface area contributed by atoms with E-state index in [0.29, 0.717) is 6.54 Å². The number of primary amides is 1. The van der Waals surface area contributed by atoms with Gasteiger partial charge in [-0.15, -0.1) is 0 Å². The summed E-state index contributed by atoms with van der Waals surface area (Å²) in [4.78, 5) is 11.8. The molecule has 4 nitrogen and oxygen atoms in total. The molecular formula is C11H19N3O. The standard InChI is InChI=1S/C6H8N2O.C5H11N/c7-6(9)8-4-2-1-3-5-8;1-2-4-6-5-3-1/h1-4H,5H2,(H2,7,9);6H,1-5H2. The maximum atomic E-state index is 10.4. The van der Waals surface area contributed by atoms with Crippen LogP contribution in [-0.4, -0.2) is 30.6 Å². The predicted molar refractivity (Wildman–Crippen MR) is 61.3 cm³/mol. The number of urea groups is 1. The van der Waals surface area contributed by atoms with Crippen LogP contribution in [0.2, 0.25) is 0 Å². The molecular weight excluding hydrogens is 190 g/mol. The lowest BCUT2D eigenvalue weighted by Gasteiger charge is -2.14. The zero-order valence-electron chi connectivity index (χ0n) is 8.98. The molecule has 2 aliphatic rings. The maximum absolute atomic E-state index is 10.4. The average molecular weight is 209 g/mol. The van der Waals surface area contributed by atoms with Crippen molar-refractivity contribution < 1.29 is 4.79 Å². The zero-order chi connectivity index (χ0) is 10.9. The lowest BCUT2D eigenvalue weighted by Crippen LogP contribution is -2.31. The van der Waals surface area contributed by atoms with Gasteiger partial charge in [-0.2, -0.15) is 0 Å². The van der Waals surface area contributed by atoms with Crippen LogP contribution >= 0.6 is 0 Å². The van der Waals surface area contributed by atoms with Gasteiger partial charge in [0.2, 0.25) is 0 Å². The number of nitrogens with one attached hydrogen (secondary N) is 1. The van der Waals surface area contributed by atoms with Crippen molar-refractivity contribution in [2.75, 3.05) is 19.6 Å². The van der Waals surface area contributed by atoms with Gasteiger partial charge in [0.05, 0.1) is 0 Å². The van der Waals surface area contributed by atoms with Crippen molar-refractivity contribution in [1.29, 1.82) is 0 Å². The maximum Gasteiger partial charge on any atom is 0.319 e. The van der Waals surface area contributed by atoms with Gasteiger partial charge in [-0.05, 0) is 32.0 Å². The van der Waals surface area contributed by atoms with Gasteiger partial charge in [0.15, 0.2) is 0 Å². The van der Waals surface area contributed by atoms with E-state index < -0.39 is 6.03 Å². The molecule has 0 saturated carbocycles. The van der Waals surface area contributed by atoms with E-state index in [4.69, 9.17) is 5.73 Å². The minimum absolute atomic E-state index is 0.407. The first kappa shape index (κ1) is 11.8. The number of hydrogen-bond donors (Lipinski definition) is 2. The third-order valence-corrected chi connectivity index (χ3v) is 2.31. The average Bonchev–Trinajstić information content (AvgIpc) is 2.33. The topological polar surface area (TPSA) is 58.4 Å². The summed E-state index contributed by atoms with van der Waals surface area (Å²) in [5.74, 6) is 0. The van der Waals surface area contributed by atoms with Crippen LogP contribution in [0.15, 0.2) is 24.4 Å². The van der Waals surface area contributed by atoms with E-state index in [1.165, 1.54) is 37.3 Å². The lowest BCUT2D eigenvalue weighted by molar-refractivity contribution is 0.228. The van der Waals surface area contributed by atoms with Gasteiger partial charge in [0.25, 0.3) is 0 Å². The van der Waals surface area contributed by atoms with Gasteiger partial charge in [0, 0.05) is 12.7 Å². The van der Waals surface area contributed by atoms with Gasteiger partial charge in [0.1, 0.15) is 0 Å². The lowest BCUT2D eigenvalue weighted by atomic mass is 10.2. The molecule has 3 N–H and O–H groups in total. The van der Waals surface area contributed by atoms with Crippen molar-refractivity contribution in [1.82, 2.24) is 10.2 Å². The smallest absolute Gasteiger partial charge is 0.319 e. The quantitative estimate of drug-likeness (QED) is 0.630. The highest BCUT2D eigenvalue weighted by atomic mass is 16.2. The first-order valence-electron chi connectivity index (χ1n) is 5.41. The Morgan fingerprint density at radius 1 is 1.20 bits per heavy atom. The third-order valence-electron chi connectivity index (χ3n) is 2.31. The largest absolute Gasteiger partial charge is 0.351 e. The molecule has 2 aliphatic heterocycles. The number of allylic oxidation sites excluding steroid dienone is 2. The number of nitrogens with two attached hydrogens (primary N) is 1. The number of rotatable bonds is 0. The highest BCUT2D eigenvalue weighted by Gasteiger charge is 2.03. The van der Waals surface area contributed by atoms with E-state index >= 15 is 0 Å². The Balaban J connectivity index is 0.000000162. The Labute approximate surface area is 90.8 Å². The molecule has 0 unspecified atom stereocenters. The van der Waals surface area contributed by atoms with Crippen molar-refractivity contribution in [2.45, 2.75) is 19.3 Å². The summed E-state index contributed by atoms with van der Waals surface area (Å²) in [6.07, 6.45) is 11.4. The molecule has 2 amide bonds. The van der Waals surface area contributed by atoms with Crippen LogP contribution in [0.3, 0.4) is 0 Å². The second kappa shape index (κ2) is 7.06. The molecule has 15 heavy (non-hydrogen) atoms. The van der Waals surface area contributed by atoms with Gasteiger partial charge >= 0.3 is 6.03 Å². The van der Waals surface area contributed by atoms with Gasteiger partial charge in [-0.1, -0.05) is 18.6 Å². The summed E-state index contributed by atoms with van der Waals surface area (Å²) >= 11 is 0. The molecule has 0 aromatic carbocycles. The number of amides is 2. The van der Waals surface area contributed by atoms with Crippen molar-refractivity contribution in [3.8, 4) is 0 Å². The van der Waals surface area contributed by atoms with E-state index in [1.807, 2.05) is 12.2 Å². The second-order valence-corrected chi connectivity index (χ2v) is 3.57. The van der Waals surface area contributed by atoms with Crippen LogP contribution in [-0.2, 0) is 0 Å². The number of carbonyl (C=O) groups is 1. The summed E-state index contributed by atoms with van der Waals surface area (Å²) in [5, 5.41) is 3.28. The van der Waals surface area contributed by atoms with Crippen molar-refractivity contribution in [2.24, 2.45) is 5.73 Å². The highest BCUT2D eigenvalue weighted by molar-refractivity contribution is 5.73. The Hall–Kier alpha value is -1.29. The molecule has 1 saturated heterocycles. The molecule has 0 aromatic heterocycles. The van der Waals surface area contributed by atoms with Crippen molar-refractivity contribution in [3.05, 3.63) is 24.4 Å². The van der Waals surface area contributed by atoms with E-state index in [1.54, 1.807) is 12.3 Å². The van der Waals surface area contributed by atoms with Crippen LogP contribution in [0, 0.1) is 0 Å². The molecule has 0 spiro atoms. The third kappa shape index (κ3) is 5.22. The zero-order valence-corrected chi connectivity index (χ0v) is 8.98. The fraction of sp³-hybridized carbons (Fsp3) is 0.545. The molecule has 1 fully saturated rings. The van der Waals surface area contributed by atoms with E-state index in [2.05, 4.69) is 5.32 Å². The Bertz CT molecular complexity index is 233. The van der Waals surface area contributed by atoms with Crippen LogP contribution in [0.5, 0.6) is 0 Å². The Morgan fingerprint density at radius 2 is 1.93 bits per heavy atom. The van der Waals surface area contributed by atoms with Crippen LogP contribution in [0.25, 0.3) is 0 Å². The highest BCUT2D eigenvalue weighted by Crippen LogP contribution is 1.96. The van der Waals surface area contributed by atoms with E-state index in [9.17, 15) is 4.79 Å². The molecule has 0 aliphatic carbocycles. The van der Waals surface area contributed by atoms with E-state index in [0.717, 1.165) is 0 Å². The molecule has 2 heterocycles. The van der Waals surface area contributed by atoms with Gasteiger partial charge in [-0.3, -0.25) is 4.90 Å². The number of nitrogens with zero attached hydrogens (tertiary/aromatic N) is 1. The molecule has 2 rings (SSSR count). The Kier molecular flexibility index (Phi) is 5.55. The molecule has 0 atom stereocenters. The number of piperidine rings is 1. The molecule has 0 aromatic rings. The predicted octanol–water partition coefficient (Wildman–Crippen LogP) is 1.21. The monoisotopic (exact) mass is 209 g/mol. The summed E-state index contributed by atoms with van der Waals surface area (Å²) in [7, 11) is 0. The molecule has 84 valence electrons.